The molecule has 0 aromatic heterocycles. The molecule has 2 aliphatic rings. The normalized spacial score (nSPS) is 45.0. The highest BCUT2D eigenvalue weighted by molar-refractivity contribution is 4.87. The lowest BCUT2D eigenvalue weighted by Gasteiger charge is -2.21. The molecule has 2 aliphatic carbocycles. The van der Waals surface area contributed by atoms with Crippen LogP contribution >= 0.6 is 0 Å². The second-order valence-electron chi connectivity index (χ2n) is 4.30. The lowest BCUT2D eigenvalue weighted by molar-refractivity contribution is 0.328. The summed E-state index contributed by atoms with van der Waals surface area (Å²) >= 11 is 0. The predicted molar refractivity (Wildman–Crippen MR) is 47.3 cm³/mol. The zero-order valence-electron chi connectivity index (χ0n) is 7.26. The minimum Gasteiger partial charge on any atom is -0.327 e. The first-order chi connectivity index (χ1) is 5.38. The Morgan fingerprint density at radius 3 is 2.45 bits per heavy atom. The lowest BCUT2D eigenvalue weighted by atomic mass is 9.88. The first-order valence-electron chi connectivity index (χ1n) is 5.13. The Kier molecular flexibility index (Phi) is 2.17. The van der Waals surface area contributed by atoms with Gasteiger partial charge in [-0.25, -0.2) is 0 Å². The average molecular weight is 153 g/mol. The number of hydrogen-bond acceptors (Lipinski definition) is 1. The van der Waals surface area contributed by atoms with Crippen LogP contribution in [-0.2, 0) is 0 Å². The summed E-state index contributed by atoms with van der Waals surface area (Å²) in [7, 11) is 0. The highest BCUT2D eigenvalue weighted by Crippen LogP contribution is 2.40. The molecule has 3 atom stereocenters. The summed E-state index contributed by atoms with van der Waals surface area (Å²) in [6.45, 7) is 0. The molecule has 0 aliphatic heterocycles. The molecule has 0 heterocycles. The Morgan fingerprint density at radius 2 is 1.55 bits per heavy atom. The van der Waals surface area contributed by atoms with Crippen LogP contribution in [0.4, 0.5) is 0 Å². The van der Waals surface area contributed by atoms with Crippen LogP contribution in [0.2, 0.25) is 0 Å². The van der Waals surface area contributed by atoms with Gasteiger partial charge in [-0.3, -0.25) is 0 Å². The third-order valence-electron chi connectivity index (χ3n) is 3.63. The van der Waals surface area contributed by atoms with Gasteiger partial charge in [0.2, 0.25) is 0 Å². The molecular formula is C10H19N. The molecule has 2 fully saturated rings. The van der Waals surface area contributed by atoms with E-state index in [9.17, 15) is 0 Å². The van der Waals surface area contributed by atoms with Gasteiger partial charge >= 0.3 is 0 Å². The molecule has 0 bridgehead atoms. The molecule has 0 spiro atoms. The van der Waals surface area contributed by atoms with Crippen LogP contribution < -0.4 is 5.73 Å². The van der Waals surface area contributed by atoms with Crippen LogP contribution in [0.3, 0.4) is 0 Å². The van der Waals surface area contributed by atoms with Crippen LogP contribution in [-0.4, -0.2) is 6.04 Å². The second kappa shape index (κ2) is 3.14. The summed E-state index contributed by atoms with van der Waals surface area (Å²) in [6.07, 6.45) is 9.93. The van der Waals surface area contributed by atoms with Crippen molar-refractivity contribution < 1.29 is 0 Å². The maximum Gasteiger partial charge on any atom is 0.00698 e. The molecule has 64 valence electrons. The van der Waals surface area contributed by atoms with E-state index in [1.807, 2.05) is 0 Å². The maximum absolute atomic E-state index is 6.12. The molecule has 0 aromatic carbocycles. The van der Waals surface area contributed by atoms with Crippen molar-refractivity contribution in [1.82, 2.24) is 0 Å². The molecule has 0 aromatic rings. The Morgan fingerprint density at radius 1 is 0.818 bits per heavy atom. The van der Waals surface area contributed by atoms with Gasteiger partial charge in [-0.15, -0.1) is 0 Å². The van der Waals surface area contributed by atoms with Crippen molar-refractivity contribution in [2.24, 2.45) is 17.6 Å². The molecule has 2 rings (SSSR count). The van der Waals surface area contributed by atoms with E-state index in [1.54, 1.807) is 0 Å². The molecule has 1 nitrogen and oxygen atoms in total. The largest absolute Gasteiger partial charge is 0.327 e. The quantitative estimate of drug-likeness (QED) is 0.568. The third kappa shape index (κ3) is 1.44. The Hall–Kier alpha value is -0.0400. The van der Waals surface area contributed by atoms with Crippen molar-refractivity contribution in [2.45, 2.75) is 51.0 Å². The van der Waals surface area contributed by atoms with Crippen LogP contribution in [0.15, 0.2) is 0 Å². The Balaban J connectivity index is 2.03. The van der Waals surface area contributed by atoms with Crippen LogP contribution in [0.25, 0.3) is 0 Å². The summed E-state index contributed by atoms with van der Waals surface area (Å²) in [6, 6.07) is 0.546. The number of nitrogens with two attached hydrogens (primary N) is 1. The number of hydrogen-bond donors (Lipinski definition) is 1. The van der Waals surface area contributed by atoms with Crippen molar-refractivity contribution in [3.63, 3.8) is 0 Å². The van der Waals surface area contributed by atoms with Gasteiger partial charge in [0.15, 0.2) is 0 Å². The third-order valence-corrected chi connectivity index (χ3v) is 3.63. The SMILES string of the molecule is NC1CCCCC2CCCC12. The fourth-order valence-corrected chi connectivity index (χ4v) is 2.99. The zero-order chi connectivity index (χ0) is 7.68. The first kappa shape index (κ1) is 7.60. The van der Waals surface area contributed by atoms with Gasteiger partial charge in [0.05, 0.1) is 0 Å². The molecule has 3 unspecified atom stereocenters. The van der Waals surface area contributed by atoms with Gasteiger partial charge in [-0.1, -0.05) is 32.1 Å². The zero-order valence-corrected chi connectivity index (χ0v) is 7.26. The Labute approximate surface area is 69.4 Å². The van der Waals surface area contributed by atoms with Crippen molar-refractivity contribution in [3.8, 4) is 0 Å². The predicted octanol–water partition coefficient (Wildman–Crippen LogP) is 2.30. The first-order valence-corrected chi connectivity index (χ1v) is 5.13. The van der Waals surface area contributed by atoms with Gasteiger partial charge in [0.25, 0.3) is 0 Å². The molecular weight excluding hydrogens is 134 g/mol. The molecule has 11 heavy (non-hydrogen) atoms. The lowest BCUT2D eigenvalue weighted by Crippen LogP contribution is -2.30. The molecule has 2 N–H and O–H groups in total. The van der Waals surface area contributed by atoms with E-state index < -0.39 is 0 Å². The summed E-state index contributed by atoms with van der Waals surface area (Å²) in [5.41, 5.74) is 6.12. The van der Waals surface area contributed by atoms with Gasteiger partial charge in [-0.2, -0.15) is 0 Å². The molecule has 0 saturated heterocycles. The van der Waals surface area contributed by atoms with Gasteiger partial charge in [0.1, 0.15) is 0 Å². The van der Waals surface area contributed by atoms with Gasteiger partial charge in [0, 0.05) is 6.04 Å². The minimum atomic E-state index is 0.546. The molecule has 0 amide bonds. The summed E-state index contributed by atoms with van der Waals surface area (Å²) < 4.78 is 0. The summed E-state index contributed by atoms with van der Waals surface area (Å²) in [4.78, 5) is 0. The molecule has 2 saturated carbocycles. The minimum absolute atomic E-state index is 0.546. The van der Waals surface area contributed by atoms with E-state index in [0.717, 1.165) is 11.8 Å². The smallest absolute Gasteiger partial charge is 0.00698 e. The highest BCUT2D eigenvalue weighted by atomic mass is 14.7. The second-order valence-corrected chi connectivity index (χ2v) is 4.30. The fraction of sp³-hybridized carbons (Fsp3) is 1.00. The van der Waals surface area contributed by atoms with E-state index in [-0.39, 0.29) is 0 Å². The average Bonchev–Trinajstić information content (AvgIpc) is 2.40. The van der Waals surface area contributed by atoms with Crippen LogP contribution in [0.5, 0.6) is 0 Å². The number of rotatable bonds is 0. The van der Waals surface area contributed by atoms with Crippen molar-refractivity contribution in [2.75, 3.05) is 0 Å². The highest BCUT2D eigenvalue weighted by Gasteiger charge is 2.32. The van der Waals surface area contributed by atoms with Gasteiger partial charge < -0.3 is 5.73 Å². The molecule has 0 radical (unpaired) electrons. The van der Waals surface area contributed by atoms with Crippen LogP contribution in [0, 0.1) is 11.8 Å². The van der Waals surface area contributed by atoms with Crippen molar-refractivity contribution in [1.29, 1.82) is 0 Å². The van der Waals surface area contributed by atoms with E-state index in [1.165, 1.54) is 44.9 Å². The fourth-order valence-electron chi connectivity index (χ4n) is 2.99. The van der Waals surface area contributed by atoms with E-state index >= 15 is 0 Å². The van der Waals surface area contributed by atoms with E-state index in [4.69, 9.17) is 5.73 Å². The summed E-state index contributed by atoms with van der Waals surface area (Å²) in [5, 5.41) is 0. The van der Waals surface area contributed by atoms with Crippen LogP contribution in [0.1, 0.15) is 44.9 Å². The van der Waals surface area contributed by atoms with Gasteiger partial charge in [-0.05, 0) is 24.7 Å². The number of fused-ring (bicyclic) bond motifs is 1. The monoisotopic (exact) mass is 153 g/mol. The van der Waals surface area contributed by atoms with E-state index in [2.05, 4.69) is 0 Å². The van der Waals surface area contributed by atoms with Crippen molar-refractivity contribution in [3.05, 3.63) is 0 Å². The van der Waals surface area contributed by atoms with Crippen molar-refractivity contribution >= 4 is 0 Å². The Bertz CT molecular complexity index is 133. The standard InChI is InChI=1S/C10H19N/c11-10-7-2-1-4-8-5-3-6-9(8)10/h8-10H,1-7,11H2. The maximum atomic E-state index is 6.12. The molecule has 1 heteroatoms. The summed E-state index contributed by atoms with van der Waals surface area (Å²) in [5.74, 6) is 1.91. The topological polar surface area (TPSA) is 26.0 Å². The van der Waals surface area contributed by atoms with E-state index in [0.29, 0.717) is 6.04 Å².